The van der Waals surface area contributed by atoms with Crippen LogP contribution in [0.15, 0.2) is 151 Å². The van der Waals surface area contributed by atoms with E-state index >= 15 is 0 Å². The van der Waals surface area contributed by atoms with Crippen LogP contribution < -0.4 is 0 Å². The van der Waals surface area contributed by atoms with E-state index in [9.17, 15) is 0 Å². The Bertz CT molecular complexity index is 2520. The molecule has 0 N–H and O–H groups in total. The van der Waals surface area contributed by atoms with Crippen molar-refractivity contribution in [3.8, 4) is 0 Å². The van der Waals surface area contributed by atoms with E-state index in [2.05, 4.69) is 153 Å². The number of allylic oxidation sites excluding steroid dienone is 8. The molecule has 6 aromatic rings. The Kier molecular flexibility index (Phi) is 7.04. The van der Waals surface area contributed by atoms with Gasteiger partial charge in [-0.1, -0.05) is 160 Å². The van der Waals surface area contributed by atoms with E-state index in [4.69, 9.17) is 0 Å². The fourth-order valence-electron chi connectivity index (χ4n) is 11.4. The molecule has 258 valence electrons. The summed E-state index contributed by atoms with van der Waals surface area (Å²) >= 11 is 0. The van der Waals surface area contributed by atoms with E-state index in [1.807, 2.05) is 0 Å². The van der Waals surface area contributed by atoms with Gasteiger partial charge in [0.05, 0.1) is 5.41 Å². The summed E-state index contributed by atoms with van der Waals surface area (Å²) in [4.78, 5) is 0. The molecule has 6 aromatic carbocycles. The number of hydrogen-bond donors (Lipinski definition) is 0. The highest BCUT2D eigenvalue weighted by atomic mass is 14.6. The summed E-state index contributed by atoms with van der Waals surface area (Å²) < 4.78 is 0. The first-order valence-corrected chi connectivity index (χ1v) is 20.3. The largest absolute Gasteiger partial charge is 0.0798 e. The van der Waals surface area contributed by atoms with Gasteiger partial charge in [0.2, 0.25) is 0 Å². The van der Waals surface area contributed by atoms with Gasteiger partial charge in [0.25, 0.3) is 0 Å². The van der Waals surface area contributed by atoms with Gasteiger partial charge in [0.1, 0.15) is 0 Å². The van der Waals surface area contributed by atoms with Crippen molar-refractivity contribution in [2.24, 2.45) is 11.8 Å². The summed E-state index contributed by atoms with van der Waals surface area (Å²) in [6, 6.07) is 45.4. The predicted molar refractivity (Wildman–Crippen MR) is 223 cm³/mol. The van der Waals surface area contributed by atoms with Gasteiger partial charge in [-0.05, 0) is 132 Å². The summed E-state index contributed by atoms with van der Waals surface area (Å²) in [6.45, 7) is 4.67. The van der Waals surface area contributed by atoms with Crippen LogP contribution in [0, 0.1) is 11.8 Å². The molecular formula is C53H46. The zero-order valence-corrected chi connectivity index (χ0v) is 31.0. The number of hydrogen-bond acceptors (Lipinski definition) is 0. The summed E-state index contributed by atoms with van der Waals surface area (Å²) in [5.74, 6) is 0.848. The second-order valence-electron chi connectivity index (χ2n) is 16.3. The van der Waals surface area contributed by atoms with Crippen molar-refractivity contribution in [2.45, 2.75) is 70.1 Å². The van der Waals surface area contributed by atoms with Crippen molar-refractivity contribution in [3.63, 3.8) is 0 Å². The van der Waals surface area contributed by atoms with Crippen molar-refractivity contribution in [2.75, 3.05) is 0 Å². The van der Waals surface area contributed by atoms with Gasteiger partial charge < -0.3 is 0 Å². The van der Waals surface area contributed by atoms with E-state index in [0.717, 1.165) is 12.8 Å². The lowest BCUT2D eigenvalue weighted by molar-refractivity contribution is 0.622. The zero-order valence-electron chi connectivity index (χ0n) is 31.0. The number of fused-ring (bicyclic) bond motifs is 5. The Morgan fingerprint density at radius 1 is 0.604 bits per heavy atom. The molecule has 8 aliphatic carbocycles. The van der Waals surface area contributed by atoms with E-state index in [0.29, 0.717) is 5.92 Å². The molecule has 4 bridgehead atoms. The van der Waals surface area contributed by atoms with Gasteiger partial charge in [-0.15, -0.1) is 0 Å². The molecule has 0 radical (unpaired) electrons. The molecule has 0 amide bonds. The van der Waals surface area contributed by atoms with Crippen molar-refractivity contribution < 1.29 is 0 Å². The summed E-state index contributed by atoms with van der Waals surface area (Å²) in [6.07, 6.45) is 18.5. The Morgan fingerprint density at radius 2 is 1.17 bits per heavy atom. The summed E-state index contributed by atoms with van der Waals surface area (Å²) in [5.41, 5.74) is 19.3. The van der Waals surface area contributed by atoms with Crippen LogP contribution in [0.4, 0.5) is 0 Å². The first-order chi connectivity index (χ1) is 26.2. The zero-order chi connectivity index (χ0) is 35.3. The minimum absolute atomic E-state index is 0.224. The molecule has 14 rings (SSSR count). The van der Waals surface area contributed by atoms with Crippen LogP contribution in [0.5, 0.6) is 0 Å². The molecule has 0 aliphatic heterocycles. The van der Waals surface area contributed by atoms with Crippen LogP contribution in [0.2, 0.25) is 0 Å². The van der Waals surface area contributed by atoms with Crippen LogP contribution in [0.25, 0.3) is 32.7 Å². The molecule has 53 heavy (non-hydrogen) atoms. The summed E-state index contributed by atoms with van der Waals surface area (Å²) in [5, 5.41) is 5.35. The second kappa shape index (κ2) is 11.9. The third-order valence-electron chi connectivity index (χ3n) is 13.5. The lowest BCUT2D eigenvalue weighted by Crippen LogP contribution is -2.38. The van der Waals surface area contributed by atoms with Gasteiger partial charge in [-0.25, -0.2) is 0 Å². The Hall–Kier alpha value is -5.20. The first kappa shape index (κ1) is 31.3. The van der Waals surface area contributed by atoms with Crippen LogP contribution in [0.3, 0.4) is 0 Å². The maximum absolute atomic E-state index is 2.68. The van der Waals surface area contributed by atoms with Crippen LogP contribution in [-0.4, -0.2) is 0 Å². The van der Waals surface area contributed by atoms with Crippen LogP contribution >= 0.6 is 0 Å². The fraction of sp³-hybridized carbons (Fsp3) is 0.245. The van der Waals surface area contributed by atoms with Gasteiger partial charge in [0, 0.05) is 17.8 Å². The van der Waals surface area contributed by atoms with Gasteiger partial charge in [0.15, 0.2) is 0 Å². The van der Waals surface area contributed by atoms with Gasteiger partial charge >= 0.3 is 0 Å². The lowest BCUT2D eigenvalue weighted by atomic mass is 9.55. The third kappa shape index (κ3) is 4.24. The molecular weight excluding hydrogens is 637 g/mol. The lowest BCUT2D eigenvalue weighted by Gasteiger charge is -2.46. The minimum atomic E-state index is -0.429. The first-order valence-electron chi connectivity index (χ1n) is 20.3. The average Bonchev–Trinajstić information content (AvgIpc) is 3.73. The number of rotatable bonds is 7. The fourth-order valence-corrected chi connectivity index (χ4v) is 11.4. The van der Waals surface area contributed by atoms with Crippen molar-refractivity contribution in [1.29, 1.82) is 0 Å². The third-order valence-corrected chi connectivity index (χ3v) is 13.5. The molecule has 0 heteroatoms. The number of benzene rings is 6. The molecule has 0 heterocycles. The Balaban J connectivity index is 1.36. The monoisotopic (exact) mass is 682 g/mol. The van der Waals surface area contributed by atoms with E-state index in [1.54, 1.807) is 22.3 Å². The quantitative estimate of drug-likeness (QED) is 0.116. The van der Waals surface area contributed by atoms with E-state index in [-0.39, 0.29) is 11.8 Å². The van der Waals surface area contributed by atoms with Crippen LogP contribution in [0.1, 0.15) is 95.5 Å². The molecule has 0 saturated carbocycles. The Labute approximate surface area is 314 Å². The molecule has 0 unspecified atom stereocenters. The molecule has 0 saturated heterocycles. The molecule has 0 fully saturated rings. The average molecular weight is 683 g/mol. The van der Waals surface area contributed by atoms with Crippen LogP contribution in [-0.2, 0) is 24.7 Å². The maximum Gasteiger partial charge on any atom is 0.0694 e. The normalized spacial score (nSPS) is 22.9. The van der Waals surface area contributed by atoms with E-state index < -0.39 is 5.41 Å². The topological polar surface area (TPSA) is 0 Å². The number of unbranched alkanes of at least 4 members (excludes halogenated alkanes) is 2. The summed E-state index contributed by atoms with van der Waals surface area (Å²) in [7, 11) is 0. The standard InChI is InChI=1S/C53H46/c1-3-5-15-35-29-39-32-45-50(44(39)31-36(35)16-6-4-2)52(49-40-19-9-7-17-37(40)30-38-18-8-10-20-41(38)49)53-46-23-13-11-21-42(46)48(43-22-12-14-24-47(43)53)33-25-27-34(28-26-33)51(45)53/h7-14,17-31,33-34,48H,3-6,15-16,32H2,1-2H3. The SMILES string of the molecule is CCCCc1cc2c(cc1CCCC)C1=C(c3c4ccccc4cc4ccccc34)C34C(=C1C2)C1C=CC(C=C1)C(c1ccccc13)c1ccccc14. The highest BCUT2D eigenvalue weighted by Gasteiger charge is 2.58. The second-order valence-corrected chi connectivity index (χ2v) is 16.3. The molecule has 1 spiro atoms. The highest BCUT2D eigenvalue weighted by Crippen LogP contribution is 2.70. The molecule has 0 atom stereocenters. The maximum atomic E-state index is 2.68. The molecule has 8 aliphatic rings. The van der Waals surface area contributed by atoms with Gasteiger partial charge in [-0.3, -0.25) is 0 Å². The molecule has 0 aromatic heterocycles. The van der Waals surface area contributed by atoms with Crippen molar-refractivity contribution in [3.05, 3.63) is 201 Å². The van der Waals surface area contributed by atoms with Crippen molar-refractivity contribution in [1.82, 2.24) is 0 Å². The predicted octanol–water partition coefficient (Wildman–Crippen LogP) is 13.3. The smallest absolute Gasteiger partial charge is 0.0694 e. The van der Waals surface area contributed by atoms with Crippen molar-refractivity contribution >= 4 is 32.7 Å². The van der Waals surface area contributed by atoms with E-state index in [1.165, 1.54) is 104 Å². The molecule has 0 nitrogen and oxygen atoms in total. The Morgan fingerprint density at radius 3 is 1.79 bits per heavy atom. The highest BCUT2D eigenvalue weighted by molar-refractivity contribution is 6.21. The van der Waals surface area contributed by atoms with Gasteiger partial charge in [-0.2, -0.15) is 0 Å². The number of aryl methyl sites for hydroxylation is 2. The minimum Gasteiger partial charge on any atom is -0.0798 e.